The lowest BCUT2D eigenvalue weighted by molar-refractivity contribution is -0.131. The summed E-state index contributed by atoms with van der Waals surface area (Å²) >= 11 is 6.11. The van der Waals surface area contributed by atoms with Gasteiger partial charge in [-0.25, -0.2) is 5.10 Å². The number of halogens is 1. The first kappa shape index (κ1) is 23.8. The van der Waals surface area contributed by atoms with Gasteiger partial charge in [0.05, 0.1) is 6.54 Å². The Morgan fingerprint density at radius 1 is 1.21 bits per heavy atom. The summed E-state index contributed by atoms with van der Waals surface area (Å²) in [5, 5.41) is 7.70. The molecule has 9 nitrogen and oxygen atoms in total. The molecule has 0 bridgehead atoms. The Labute approximate surface area is 200 Å². The van der Waals surface area contributed by atoms with Gasteiger partial charge >= 0.3 is 0 Å². The molecule has 2 fully saturated rings. The maximum atomic E-state index is 12.4. The van der Waals surface area contributed by atoms with Gasteiger partial charge in [0.1, 0.15) is 0 Å². The number of nitrogens with two attached hydrogens (primary N) is 1. The smallest absolute Gasteiger partial charge is 0.246 e. The summed E-state index contributed by atoms with van der Waals surface area (Å²) in [7, 11) is 3.65. The first-order valence-electron chi connectivity index (χ1n) is 11.7. The number of hydrogen-bond donors (Lipinski definition) is 2. The fourth-order valence-corrected chi connectivity index (χ4v) is 5.11. The van der Waals surface area contributed by atoms with Crippen LogP contribution in [-0.2, 0) is 11.2 Å². The van der Waals surface area contributed by atoms with E-state index in [2.05, 4.69) is 48.9 Å². The molecule has 2 saturated heterocycles. The average Bonchev–Trinajstić information content (AvgIpc) is 3.23. The molecular formula is C23H35ClN8O. The van der Waals surface area contributed by atoms with E-state index in [0.29, 0.717) is 36.6 Å². The van der Waals surface area contributed by atoms with E-state index in [1.807, 2.05) is 26.2 Å². The van der Waals surface area contributed by atoms with Crippen molar-refractivity contribution in [2.75, 3.05) is 57.5 Å². The zero-order valence-corrected chi connectivity index (χ0v) is 20.5. The van der Waals surface area contributed by atoms with Crippen molar-refractivity contribution in [3.05, 3.63) is 34.9 Å². The average molecular weight is 475 g/mol. The van der Waals surface area contributed by atoms with Crippen molar-refractivity contribution in [2.24, 2.45) is 0 Å². The normalized spacial score (nSPS) is 23.1. The molecule has 1 aromatic carbocycles. The number of hydrogen-bond acceptors (Lipinski definition) is 7. The van der Waals surface area contributed by atoms with Gasteiger partial charge in [-0.05, 0) is 43.9 Å². The van der Waals surface area contributed by atoms with E-state index in [4.69, 9.17) is 17.3 Å². The van der Waals surface area contributed by atoms with Crippen molar-refractivity contribution < 1.29 is 4.79 Å². The summed E-state index contributed by atoms with van der Waals surface area (Å²) in [5.74, 6) is 1.19. The minimum Gasteiger partial charge on any atom is -0.368 e. The van der Waals surface area contributed by atoms with Crippen molar-refractivity contribution in [3.8, 4) is 0 Å². The summed E-state index contributed by atoms with van der Waals surface area (Å²) < 4.78 is 0. The lowest BCUT2D eigenvalue weighted by atomic mass is 9.94. The quantitative estimate of drug-likeness (QED) is 0.657. The van der Waals surface area contributed by atoms with Crippen molar-refractivity contribution in [3.63, 3.8) is 0 Å². The van der Waals surface area contributed by atoms with Crippen LogP contribution in [0.2, 0.25) is 5.02 Å². The van der Waals surface area contributed by atoms with Crippen LogP contribution in [0.5, 0.6) is 0 Å². The Morgan fingerprint density at radius 3 is 2.52 bits per heavy atom. The lowest BCUT2D eigenvalue weighted by Gasteiger charge is -2.50. The second-order valence-corrected chi connectivity index (χ2v) is 9.92. The number of likely N-dealkylation sites (N-methyl/N-ethyl adjacent to an activating group) is 1. The highest BCUT2D eigenvalue weighted by atomic mass is 35.5. The highest BCUT2D eigenvalue weighted by Crippen LogP contribution is 2.27. The summed E-state index contributed by atoms with van der Waals surface area (Å²) in [6.45, 7) is 6.34. The van der Waals surface area contributed by atoms with E-state index in [0.717, 1.165) is 50.5 Å². The van der Waals surface area contributed by atoms with Crippen LogP contribution in [-0.4, -0.2) is 101 Å². The Kier molecular flexibility index (Phi) is 7.41. The number of piperidine rings is 1. The number of aromatic amines is 1. The minimum atomic E-state index is 0.152. The van der Waals surface area contributed by atoms with Crippen LogP contribution in [0, 0.1) is 0 Å². The third kappa shape index (κ3) is 5.77. The van der Waals surface area contributed by atoms with Gasteiger partial charge in [-0.15, -0.1) is 5.10 Å². The molecule has 180 valence electrons. The molecule has 0 radical (unpaired) electrons. The topological polar surface area (TPSA) is 97.6 Å². The zero-order chi connectivity index (χ0) is 23.5. The maximum Gasteiger partial charge on any atom is 0.246 e. The SMILES string of the molecule is C[C@H]1CN(C2CCN(c3n[nH]c(N)n3)CC2)[C@@H](Cc2ccc(Cl)cc2)CN1CC(=O)N(C)C. The van der Waals surface area contributed by atoms with Gasteiger partial charge in [0, 0.05) is 63.4 Å². The number of carbonyl (C=O) groups is 1. The maximum absolute atomic E-state index is 12.4. The van der Waals surface area contributed by atoms with Crippen molar-refractivity contribution in [2.45, 2.75) is 44.3 Å². The predicted octanol–water partition coefficient (Wildman–Crippen LogP) is 1.71. The van der Waals surface area contributed by atoms with Crippen LogP contribution in [0.1, 0.15) is 25.3 Å². The monoisotopic (exact) mass is 474 g/mol. The molecule has 4 rings (SSSR count). The number of carbonyl (C=O) groups excluding carboxylic acids is 1. The number of nitrogens with zero attached hydrogens (tertiary/aromatic N) is 6. The molecule has 10 heteroatoms. The highest BCUT2D eigenvalue weighted by Gasteiger charge is 2.37. The largest absolute Gasteiger partial charge is 0.368 e. The van der Waals surface area contributed by atoms with Crippen LogP contribution in [0.25, 0.3) is 0 Å². The van der Waals surface area contributed by atoms with Gasteiger partial charge in [0.25, 0.3) is 0 Å². The van der Waals surface area contributed by atoms with Gasteiger partial charge < -0.3 is 15.5 Å². The van der Waals surface area contributed by atoms with Crippen molar-refractivity contribution >= 4 is 29.4 Å². The highest BCUT2D eigenvalue weighted by molar-refractivity contribution is 6.30. The molecule has 1 aromatic heterocycles. The molecule has 0 spiro atoms. The van der Waals surface area contributed by atoms with E-state index in [9.17, 15) is 4.79 Å². The second-order valence-electron chi connectivity index (χ2n) is 9.49. The number of rotatable bonds is 6. The molecule has 2 aromatic rings. The third-order valence-corrected chi connectivity index (χ3v) is 7.19. The van der Waals surface area contributed by atoms with Crippen LogP contribution < -0.4 is 10.6 Å². The fraction of sp³-hybridized carbons (Fsp3) is 0.609. The van der Waals surface area contributed by atoms with Crippen LogP contribution in [0.15, 0.2) is 24.3 Å². The molecule has 3 heterocycles. The number of nitrogens with one attached hydrogen (secondary N) is 1. The van der Waals surface area contributed by atoms with E-state index in [1.54, 1.807) is 4.90 Å². The van der Waals surface area contributed by atoms with Gasteiger partial charge in [0.15, 0.2) is 0 Å². The lowest BCUT2D eigenvalue weighted by Crippen LogP contribution is -2.63. The van der Waals surface area contributed by atoms with Gasteiger partial charge in [0.2, 0.25) is 17.8 Å². The minimum absolute atomic E-state index is 0.152. The third-order valence-electron chi connectivity index (χ3n) is 6.94. The molecule has 0 unspecified atom stereocenters. The first-order valence-corrected chi connectivity index (χ1v) is 12.0. The Morgan fingerprint density at radius 2 is 1.91 bits per heavy atom. The number of anilines is 2. The van der Waals surface area contributed by atoms with Crippen LogP contribution in [0.3, 0.4) is 0 Å². The zero-order valence-electron chi connectivity index (χ0n) is 19.7. The number of amides is 1. The Balaban J connectivity index is 1.47. The van der Waals surface area contributed by atoms with Gasteiger partial charge in [-0.2, -0.15) is 4.98 Å². The number of piperazine rings is 1. The van der Waals surface area contributed by atoms with E-state index >= 15 is 0 Å². The molecule has 0 aliphatic carbocycles. The second kappa shape index (κ2) is 10.3. The van der Waals surface area contributed by atoms with Gasteiger partial charge in [-0.1, -0.05) is 23.7 Å². The van der Waals surface area contributed by atoms with E-state index in [-0.39, 0.29) is 5.91 Å². The summed E-state index contributed by atoms with van der Waals surface area (Å²) in [4.78, 5) is 25.6. The Bertz CT molecular complexity index is 925. The molecule has 1 amide bonds. The summed E-state index contributed by atoms with van der Waals surface area (Å²) in [6, 6.07) is 9.30. The number of aromatic nitrogens is 3. The molecule has 2 aliphatic rings. The van der Waals surface area contributed by atoms with Crippen LogP contribution >= 0.6 is 11.6 Å². The van der Waals surface area contributed by atoms with Crippen molar-refractivity contribution in [1.82, 2.24) is 29.9 Å². The molecular weight excluding hydrogens is 440 g/mol. The molecule has 33 heavy (non-hydrogen) atoms. The fourth-order valence-electron chi connectivity index (χ4n) is 4.99. The predicted molar refractivity (Wildman–Crippen MR) is 131 cm³/mol. The molecule has 0 saturated carbocycles. The van der Waals surface area contributed by atoms with E-state index < -0.39 is 0 Å². The Hall–Kier alpha value is -2.36. The first-order chi connectivity index (χ1) is 15.8. The number of H-pyrrole nitrogens is 1. The number of benzene rings is 1. The molecule has 2 aliphatic heterocycles. The van der Waals surface area contributed by atoms with Crippen molar-refractivity contribution in [1.29, 1.82) is 0 Å². The molecule has 2 atom stereocenters. The molecule has 3 N–H and O–H groups in total. The van der Waals surface area contributed by atoms with Gasteiger partial charge in [-0.3, -0.25) is 14.6 Å². The van der Waals surface area contributed by atoms with E-state index in [1.165, 1.54) is 5.56 Å². The summed E-state index contributed by atoms with van der Waals surface area (Å²) in [6.07, 6.45) is 3.04. The summed E-state index contributed by atoms with van der Waals surface area (Å²) in [5.41, 5.74) is 6.98. The number of nitrogen functional groups attached to an aromatic ring is 1. The standard InChI is InChI=1S/C23H35ClN8O/c1-16-13-32(19-8-10-30(11-9-19)23-26-22(25)27-28-23)20(12-17-4-6-18(24)7-5-17)14-31(16)15-21(33)29(2)3/h4-7,16,19-20H,8-15H2,1-3H3,(H3,25,26,27,28)/t16-,20-/m0/s1. The van der Waals surface area contributed by atoms with Crippen LogP contribution in [0.4, 0.5) is 11.9 Å².